The van der Waals surface area contributed by atoms with Crippen LogP contribution < -0.4 is 0 Å². The molecule has 0 bridgehead atoms. The molecule has 0 aromatic heterocycles. The first-order valence-electron chi connectivity index (χ1n) is 9.37. The summed E-state index contributed by atoms with van der Waals surface area (Å²) in [5.74, 6) is 2.32. The van der Waals surface area contributed by atoms with E-state index < -0.39 is 6.10 Å². The van der Waals surface area contributed by atoms with Gasteiger partial charge in [0, 0.05) is 24.0 Å². The van der Waals surface area contributed by atoms with Crippen molar-refractivity contribution in [1.82, 2.24) is 4.90 Å². The summed E-state index contributed by atoms with van der Waals surface area (Å²) in [7, 11) is 0. The van der Waals surface area contributed by atoms with Gasteiger partial charge < -0.3 is 10.0 Å². The molecular formula is C20H26ClNO2. The van der Waals surface area contributed by atoms with Crippen molar-refractivity contribution in [1.29, 1.82) is 0 Å². The van der Waals surface area contributed by atoms with Crippen LogP contribution in [0.15, 0.2) is 24.3 Å². The standard InChI is InChI=1S/C20H26ClNO2/c21-15-7-5-13(6-8-15)19(23)14-9-11-22(12-10-14)20(24)18-16-3-1-2-4-17(16)18/h5-8,14,16-19,23H,1-4,9-12H2. The van der Waals surface area contributed by atoms with E-state index in [2.05, 4.69) is 4.90 Å². The van der Waals surface area contributed by atoms with Crippen LogP contribution in [0.2, 0.25) is 5.02 Å². The van der Waals surface area contributed by atoms with E-state index in [1.54, 1.807) is 0 Å². The summed E-state index contributed by atoms with van der Waals surface area (Å²) in [6.45, 7) is 1.59. The second kappa shape index (κ2) is 6.68. The van der Waals surface area contributed by atoms with Crippen LogP contribution >= 0.6 is 11.6 Å². The summed E-state index contributed by atoms with van der Waals surface area (Å²) in [6.07, 6.45) is 6.44. The van der Waals surface area contributed by atoms with Crippen LogP contribution in [0.3, 0.4) is 0 Å². The van der Waals surface area contributed by atoms with Crippen molar-refractivity contribution < 1.29 is 9.90 Å². The number of benzene rings is 1. The number of halogens is 1. The monoisotopic (exact) mass is 347 g/mol. The first kappa shape index (κ1) is 16.4. The number of hydrogen-bond acceptors (Lipinski definition) is 2. The third kappa shape index (κ3) is 3.09. The van der Waals surface area contributed by atoms with E-state index in [1.807, 2.05) is 24.3 Å². The van der Waals surface area contributed by atoms with Gasteiger partial charge in [-0.05, 0) is 61.1 Å². The molecule has 24 heavy (non-hydrogen) atoms. The maximum atomic E-state index is 12.8. The number of fused-ring (bicyclic) bond motifs is 1. The van der Waals surface area contributed by atoms with Crippen molar-refractivity contribution in [2.45, 2.75) is 44.6 Å². The molecule has 1 aromatic carbocycles. The van der Waals surface area contributed by atoms with Gasteiger partial charge in [-0.15, -0.1) is 0 Å². The molecule has 2 saturated carbocycles. The Morgan fingerprint density at radius 3 is 2.21 bits per heavy atom. The molecule has 1 amide bonds. The Morgan fingerprint density at radius 1 is 1.04 bits per heavy atom. The van der Waals surface area contributed by atoms with Crippen LogP contribution in [-0.4, -0.2) is 29.0 Å². The molecule has 1 saturated heterocycles. The average molecular weight is 348 g/mol. The SMILES string of the molecule is O=C(C1C2CCCCC21)N1CCC(C(O)c2ccc(Cl)cc2)CC1. The Labute approximate surface area is 149 Å². The van der Waals surface area contributed by atoms with Crippen LogP contribution in [-0.2, 0) is 4.79 Å². The third-order valence-electron chi connectivity index (χ3n) is 6.45. The predicted octanol–water partition coefficient (Wildman–Crippen LogP) is 4.05. The zero-order chi connectivity index (χ0) is 16.7. The van der Waals surface area contributed by atoms with Gasteiger partial charge in [-0.1, -0.05) is 36.6 Å². The Bertz CT molecular complexity index is 582. The third-order valence-corrected chi connectivity index (χ3v) is 6.70. The van der Waals surface area contributed by atoms with Crippen LogP contribution in [0.5, 0.6) is 0 Å². The fourth-order valence-electron chi connectivity index (χ4n) is 4.94. The van der Waals surface area contributed by atoms with E-state index in [-0.39, 0.29) is 5.92 Å². The Hall–Kier alpha value is -1.06. The van der Waals surface area contributed by atoms with Crippen molar-refractivity contribution in [2.75, 3.05) is 13.1 Å². The van der Waals surface area contributed by atoms with Gasteiger partial charge in [0.05, 0.1) is 6.10 Å². The van der Waals surface area contributed by atoms with Crippen molar-refractivity contribution in [3.63, 3.8) is 0 Å². The normalized spacial score (nSPS) is 31.4. The first-order valence-corrected chi connectivity index (χ1v) is 9.75. The minimum atomic E-state index is -0.456. The number of piperidine rings is 1. The number of nitrogens with zero attached hydrogens (tertiary/aromatic N) is 1. The van der Waals surface area contributed by atoms with Gasteiger partial charge in [-0.3, -0.25) is 4.79 Å². The molecule has 4 heteroatoms. The van der Waals surface area contributed by atoms with Gasteiger partial charge >= 0.3 is 0 Å². The molecule has 3 atom stereocenters. The molecule has 1 aliphatic heterocycles. The maximum Gasteiger partial charge on any atom is 0.226 e. The molecule has 3 nitrogen and oxygen atoms in total. The molecule has 1 aromatic rings. The minimum Gasteiger partial charge on any atom is -0.388 e. The van der Waals surface area contributed by atoms with E-state index in [0.717, 1.165) is 31.5 Å². The van der Waals surface area contributed by atoms with Gasteiger partial charge in [0.1, 0.15) is 0 Å². The summed E-state index contributed by atoms with van der Waals surface area (Å²) >= 11 is 5.92. The number of carbonyl (C=O) groups is 1. The summed E-state index contributed by atoms with van der Waals surface area (Å²) in [4.78, 5) is 14.8. The van der Waals surface area contributed by atoms with E-state index in [4.69, 9.17) is 11.6 Å². The van der Waals surface area contributed by atoms with Gasteiger partial charge in [0.2, 0.25) is 5.91 Å². The molecule has 3 unspecified atom stereocenters. The molecule has 130 valence electrons. The van der Waals surface area contributed by atoms with Crippen LogP contribution in [0.4, 0.5) is 0 Å². The first-order chi connectivity index (χ1) is 11.6. The summed E-state index contributed by atoms with van der Waals surface area (Å²) in [5, 5.41) is 11.3. The number of rotatable bonds is 3. The van der Waals surface area contributed by atoms with Crippen molar-refractivity contribution in [2.24, 2.45) is 23.7 Å². The molecule has 2 aliphatic carbocycles. The number of amides is 1. The topological polar surface area (TPSA) is 40.5 Å². The largest absolute Gasteiger partial charge is 0.388 e. The summed E-state index contributed by atoms with van der Waals surface area (Å²) in [6, 6.07) is 7.46. The molecular weight excluding hydrogens is 322 g/mol. The molecule has 0 spiro atoms. The molecule has 3 fully saturated rings. The minimum absolute atomic E-state index is 0.233. The number of likely N-dealkylation sites (tertiary alicyclic amines) is 1. The Morgan fingerprint density at radius 2 is 1.62 bits per heavy atom. The molecule has 1 N–H and O–H groups in total. The molecule has 4 rings (SSSR count). The fraction of sp³-hybridized carbons (Fsp3) is 0.650. The highest BCUT2D eigenvalue weighted by molar-refractivity contribution is 6.30. The van der Waals surface area contributed by atoms with Gasteiger partial charge in [-0.25, -0.2) is 0 Å². The lowest BCUT2D eigenvalue weighted by atomic mass is 9.87. The van der Waals surface area contributed by atoms with Gasteiger partial charge in [0.15, 0.2) is 0 Å². The molecule has 1 heterocycles. The van der Waals surface area contributed by atoms with Crippen molar-refractivity contribution in [3.8, 4) is 0 Å². The number of carbonyl (C=O) groups excluding carboxylic acids is 1. The van der Waals surface area contributed by atoms with Crippen molar-refractivity contribution in [3.05, 3.63) is 34.9 Å². The Balaban J connectivity index is 1.32. The maximum absolute atomic E-state index is 12.8. The lowest BCUT2D eigenvalue weighted by molar-refractivity contribution is -0.135. The van der Waals surface area contributed by atoms with Crippen LogP contribution in [0.1, 0.15) is 50.2 Å². The average Bonchev–Trinajstić information content (AvgIpc) is 3.36. The summed E-state index contributed by atoms with van der Waals surface area (Å²) < 4.78 is 0. The Kier molecular flexibility index (Phi) is 4.57. The van der Waals surface area contributed by atoms with Gasteiger partial charge in [-0.2, -0.15) is 0 Å². The molecule has 0 radical (unpaired) electrons. The highest BCUT2D eigenvalue weighted by Gasteiger charge is 2.55. The van der Waals surface area contributed by atoms with E-state index in [1.165, 1.54) is 25.7 Å². The van der Waals surface area contributed by atoms with E-state index in [0.29, 0.717) is 28.7 Å². The second-order valence-corrected chi connectivity index (χ2v) is 8.23. The van der Waals surface area contributed by atoms with Crippen molar-refractivity contribution >= 4 is 17.5 Å². The highest BCUT2D eigenvalue weighted by atomic mass is 35.5. The smallest absolute Gasteiger partial charge is 0.226 e. The lowest BCUT2D eigenvalue weighted by Gasteiger charge is -2.34. The quantitative estimate of drug-likeness (QED) is 0.896. The van der Waals surface area contributed by atoms with Crippen LogP contribution in [0, 0.1) is 23.7 Å². The van der Waals surface area contributed by atoms with Gasteiger partial charge in [0.25, 0.3) is 0 Å². The second-order valence-electron chi connectivity index (χ2n) is 7.80. The highest BCUT2D eigenvalue weighted by Crippen LogP contribution is 2.56. The lowest BCUT2D eigenvalue weighted by Crippen LogP contribution is -2.41. The number of hydrogen-bond donors (Lipinski definition) is 1. The van der Waals surface area contributed by atoms with Crippen LogP contribution in [0.25, 0.3) is 0 Å². The number of aliphatic hydroxyl groups excluding tert-OH is 1. The number of aliphatic hydroxyl groups is 1. The zero-order valence-electron chi connectivity index (χ0n) is 14.0. The van der Waals surface area contributed by atoms with E-state index >= 15 is 0 Å². The molecule has 3 aliphatic rings. The summed E-state index contributed by atoms with van der Waals surface area (Å²) in [5.41, 5.74) is 0.928. The van der Waals surface area contributed by atoms with E-state index in [9.17, 15) is 9.90 Å². The predicted molar refractivity (Wildman–Crippen MR) is 94.7 cm³/mol. The fourth-order valence-corrected chi connectivity index (χ4v) is 5.06. The zero-order valence-corrected chi connectivity index (χ0v) is 14.8.